The first-order chi connectivity index (χ1) is 9.99. The third kappa shape index (κ3) is 3.27. The van der Waals surface area contributed by atoms with Crippen LogP contribution in [0.5, 0.6) is 0 Å². The summed E-state index contributed by atoms with van der Waals surface area (Å²) in [6.45, 7) is 1.47. The summed E-state index contributed by atoms with van der Waals surface area (Å²) < 4.78 is 0. The van der Waals surface area contributed by atoms with Gasteiger partial charge in [0, 0.05) is 11.1 Å². The summed E-state index contributed by atoms with van der Waals surface area (Å²) in [4.78, 5) is 37.4. The van der Waals surface area contributed by atoms with Crippen LogP contribution in [0.1, 0.15) is 26.3 Å². The number of aryl methyl sites for hydroxylation is 1. The molecule has 0 aliphatic rings. The summed E-state index contributed by atoms with van der Waals surface area (Å²) in [6.07, 6.45) is 1.07. The van der Waals surface area contributed by atoms with E-state index in [1.54, 1.807) is 30.3 Å². The second kappa shape index (κ2) is 5.91. The second-order valence-electron chi connectivity index (χ2n) is 4.27. The first-order valence-corrected chi connectivity index (χ1v) is 6.01. The number of nitrogens with one attached hydrogen (secondary N) is 1. The fourth-order valence-corrected chi connectivity index (χ4v) is 1.72. The largest absolute Gasteiger partial charge is 0.366 e. The predicted molar refractivity (Wildman–Crippen MR) is 73.9 cm³/mol. The molecular weight excluding hydrogens is 274 g/mol. The molecule has 0 spiro atoms. The van der Waals surface area contributed by atoms with Gasteiger partial charge in [0.25, 0.3) is 11.8 Å². The van der Waals surface area contributed by atoms with E-state index in [0.717, 1.165) is 6.20 Å². The average molecular weight is 285 g/mol. The molecule has 1 aromatic carbocycles. The lowest BCUT2D eigenvalue weighted by Gasteiger charge is -2.04. The van der Waals surface area contributed by atoms with Crippen LogP contribution in [0, 0.1) is 17.0 Å². The number of pyridine rings is 1. The van der Waals surface area contributed by atoms with Crippen LogP contribution in [0.15, 0.2) is 42.6 Å². The van der Waals surface area contributed by atoms with Crippen molar-refractivity contribution in [2.45, 2.75) is 6.92 Å². The minimum absolute atomic E-state index is 0.0855. The highest BCUT2D eigenvalue weighted by Crippen LogP contribution is 2.15. The Morgan fingerprint density at radius 3 is 2.33 bits per heavy atom. The van der Waals surface area contributed by atoms with E-state index in [4.69, 9.17) is 0 Å². The molecule has 0 saturated carbocycles. The normalized spacial score (nSPS) is 9.95. The maximum Gasteiger partial charge on any atom is 0.366 e. The highest BCUT2D eigenvalue weighted by atomic mass is 16.6. The fourth-order valence-electron chi connectivity index (χ4n) is 1.72. The number of benzene rings is 1. The lowest BCUT2D eigenvalue weighted by atomic mass is 10.1. The Labute approximate surface area is 119 Å². The number of carbonyl (C=O) groups is 2. The summed E-state index contributed by atoms with van der Waals surface area (Å²) in [5.74, 6) is -1.52. The molecule has 1 N–H and O–H groups in total. The Hall–Kier alpha value is -3.09. The molecule has 0 fully saturated rings. The minimum Gasteiger partial charge on any atom is -0.358 e. The molecule has 1 heterocycles. The van der Waals surface area contributed by atoms with Crippen LogP contribution in [-0.4, -0.2) is 21.7 Å². The zero-order chi connectivity index (χ0) is 15.4. The van der Waals surface area contributed by atoms with E-state index in [9.17, 15) is 19.7 Å². The molecule has 7 nitrogen and oxygen atoms in total. The number of hydrogen-bond acceptors (Lipinski definition) is 5. The number of aromatic nitrogens is 1. The number of amides is 2. The van der Waals surface area contributed by atoms with Crippen molar-refractivity contribution in [2.24, 2.45) is 0 Å². The predicted octanol–water partition coefficient (Wildman–Crippen LogP) is 1.87. The molecule has 0 atom stereocenters. The van der Waals surface area contributed by atoms with E-state index in [0.29, 0.717) is 5.56 Å². The number of carbonyl (C=O) groups excluding carboxylic acids is 2. The van der Waals surface area contributed by atoms with Crippen molar-refractivity contribution in [1.82, 2.24) is 10.3 Å². The van der Waals surface area contributed by atoms with Crippen LogP contribution in [0.4, 0.5) is 5.82 Å². The van der Waals surface area contributed by atoms with Gasteiger partial charge in [-0.15, -0.1) is 0 Å². The highest BCUT2D eigenvalue weighted by molar-refractivity contribution is 6.10. The van der Waals surface area contributed by atoms with Gasteiger partial charge in [0.05, 0.1) is 5.56 Å². The molecule has 0 bridgehead atoms. The monoisotopic (exact) mass is 285 g/mol. The fraction of sp³-hybridized carbons (Fsp3) is 0.0714. The summed E-state index contributed by atoms with van der Waals surface area (Å²) in [5, 5.41) is 12.9. The number of rotatable bonds is 3. The second-order valence-corrected chi connectivity index (χ2v) is 4.27. The van der Waals surface area contributed by atoms with Crippen molar-refractivity contribution in [3.63, 3.8) is 0 Å². The lowest BCUT2D eigenvalue weighted by molar-refractivity contribution is -0.390. The van der Waals surface area contributed by atoms with E-state index in [-0.39, 0.29) is 16.9 Å². The maximum absolute atomic E-state index is 11.9. The van der Waals surface area contributed by atoms with Crippen LogP contribution in [0.25, 0.3) is 0 Å². The lowest BCUT2D eigenvalue weighted by Crippen LogP contribution is -2.30. The maximum atomic E-state index is 11.9. The van der Waals surface area contributed by atoms with Crippen molar-refractivity contribution in [3.05, 3.63) is 69.4 Å². The quantitative estimate of drug-likeness (QED) is 0.527. The van der Waals surface area contributed by atoms with E-state index in [1.807, 2.05) is 0 Å². The van der Waals surface area contributed by atoms with E-state index in [2.05, 4.69) is 10.3 Å². The first-order valence-electron chi connectivity index (χ1n) is 6.01. The van der Waals surface area contributed by atoms with Crippen molar-refractivity contribution < 1.29 is 14.5 Å². The molecule has 0 aliphatic carbocycles. The SMILES string of the molecule is Cc1cc(C(=O)NC(=O)c2ccccc2)cnc1[N+](=O)[O-]. The van der Waals surface area contributed by atoms with Crippen molar-refractivity contribution in [1.29, 1.82) is 0 Å². The Kier molecular flexibility index (Phi) is 4.03. The van der Waals surface area contributed by atoms with Crippen molar-refractivity contribution in [2.75, 3.05) is 0 Å². The molecule has 21 heavy (non-hydrogen) atoms. The molecule has 0 unspecified atom stereocenters. The molecule has 1 aromatic heterocycles. The zero-order valence-electron chi connectivity index (χ0n) is 11.1. The van der Waals surface area contributed by atoms with Gasteiger partial charge in [0.15, 0.2) is 6.20 Å². The molecule has 2 rings (SSSR count). The van der Waals surface area contributed by atoms with Gasteiger partial charge in [-0.25, -0.2) is 0 Å². The molecule has 0 radical (unpaired) electrons. The third-order valence-corrected chi connectivity index (χ3v) is 2.75. The summed E-state index contributed by atoms with van der Waals surface area (Å²) in [7, 11) is 0. The summed E-state index contributed by atoms with van der Waals surface area (Å²) in [5.41, 5.74) is 0.680. The smallest absolute Gasteiger partial charge is 0.358 e. The average Bonchev–Trinajstić information content (AvgIpc) is 2.47. The Bertz CT molecular complexity index is 713. The summed E-state index contributed by atoms with van der Waals surface area (Å²) >= 11 is 0. The standard InChI is InChI=1S/C14H11N3O4/c1-9-7-11(8-15-12(9)17(20)21)14(19)16-13(18)10-5-3-2-4-6-10/h2-8H,1H3,(H,16,18,19). The van der Waals surface area contributed by atoms with Crippen LogP contribution in [-0.2, 0) is 0 Å². The number of nitrogens with zero attached hydrogens (tertiary/aromatic N) is 2. The molecule has 0 aliphatic heterocycles. The minimum atomic E-state index is -0.658. The third-order valence-electron chi connectivity index (χ3n) is 2.75. The Morgan fingerprint density at radius 1 is 1.14 bits per heavy atom. The van der Waals surface area contributed by atoms with E-state index in [1.165, 1.54) is 13.0 Å². The van der Waals surface area contributed by atoms with Crippen LogP contribution >= 0.6 is 0 Å². The highest BCUT2D eigenvalue weighted by Gasteiger charge is 2.18. The van der Waals surface area contributed by atoms with Gasteiger partial charge in [0.2, 0.25) is 0 Å². The van der Waals surface area contributed by atoms with Gasteiger partial charge in [-0.05, 0) is 35.0 Å². The van der Waals surface area contributed by atoms with Gasteiger partial charge >= 0.3 is 5.82 Å². The molecule has 2 amide bonds. The number of hydrogen-bond donors (Lipinski definition) is 1. The topological polar surface area (TPSA) is 102 Å². The van der Waals surface area contributed by atoms with Gasteiger partial charge in [-0.1, -0.05) is 18.2 Å². The van der Waals surface area contributed by atoms with Crippen LogP contribution in [0.2, 0.25) is 0 Å². The van der Waals surface area contributed by atoms with Crippen LogP contribution in [0.3, 0.4) is 0 Å². The molecule has 0 saturated heterocycles. The van der Waals surface area contributed by atoms with E-state index >= 15 is 0 Å². The molecule has 7 heteroatoms. The summed E-state index contributed by atoms with van der Waals surface area (Å²) in [6, 6.07) is 9.57. The van der Waals surface area contributed by atoms with Gasteiger partial charge in [-0.2, -0.15) is 0 Å². The van der Waals surface area contributed by atoms with Gasteiger partial charge < -0.3 is 10.1 Å². The van der Waals surface area contributed by atoms with Crippen molar-refractivity contribution in [3.8, 4) is 0 Å². The molecule has 2 aromatic rings. The van der Waals surface area contributed by atoms with Crippen LogP contribution < -0.4 is 5.32 Å². The zero-order valence-corrected chi connectivity index (χ0v) is 11.1. The number of nitro groups is 1. The van der Waals surface area contributed by atoms with E-state index < -0.39 is 16.7 Å². The first kappa shape index (κ1) is 14.3. The van der Waals surface area contributed by atoms with Crippen molar-refractivity contribution >= 4 is 17.6 Å². The number of imide groups is 1. The Morgan fingerprint density at radius 2 is 1.76 bits per heavy atom. The molecule has 106 valence electrons. The Balaban J connectivity index is 2.16. The van der Waals surface area contributed by atoms with Gasteiger partial charge in [0.1, 0.15) is 0 Å². The molecular formula is C14H11N3O4. The van der Waals surface area contributed by atoms with Gasteiger partial charge in [-0.3, -0.25) is 14.9 Å².